The lowest BCUT2D eigenvalue weighted by atomic mass is 11.0. The molecule has 0 atom stereocenters. The van der Waals surface area contributed by atoms with E-state index in [9.17, 15) is 0 Å². The van der Waals surface area contributed by atoms with E-state index in [0.717, 1.165) is 0 Å². The quantitative estimate of drug-likeness (QED) is 0.426. The SMILES string of the molecule is CCP1CC1. The maximum Gasteiger partial charge on any atom is -0.0286 e. The highest BCUT2D eigenvalue weighted by Gasteiger charge is 2.16. The van der Waals surface area contributed by atoms with Gasteiger partial charge in [-0.05, 0) is 18.5 Å². The normalized spacial score (nSPS) is 23.4. The molecule has 1 heterocycles. The van der Waals surface area contributed by atoms with Crippen LogP contribution in [0.4, 0.5) is 0 Å². The molecule has 1 saturated heterocycles. The zero-order valence-electron chi connectivity index (χ0n) is 3.57. The van der Waals surface area contributed by atoms with Gasteiger partial charge < -0.3 is 0 Å². The van der Waals surface area contributed by atoms with Crippen LogP contribution in [0.15, 0.2) is 0 Å². The Kier molecular flexibility index (Phi) is 0.911. The molecule has 0 spiro atoms. The van der Waals surface area contributed by atoms with Crippen LogP contribution in [-0.4, -0.2) is 18.5 Å². The molecule has 30 valence electrons. The topological polar surface area (TPSA) is 0 Å². The van der Waals surface area contributed by atoms with Crippen molar-refractivity contribution in [1.82, 2.24) is 0 Å². The van der Waals surface area contributed by atoms with Crippen LogP contribution in [0.3, 0.4) is 0 Å². The third-order valence-electron chi connectivity index (χ3n) is 0.987. The third kappa shape index (κ3) is 0.887. The van der Waals surface area contributed by atoms with Crippen molar-refractivity contribution >= 4 is 7.92 Å². The summed E-state index contributed by atoms with van der Waals surface area (Å²) in [4.78, 5) is 0. The third-order valence-corrected chi connectivity index (χ3v) is 2.96. The first-order valence-electron chi connectivity index (χ1n) is 2.16. The molecule has 5 heavy (non-hydrogen) atoms. The van der Waals surface area contributed by atoms with Crippen molar-refractivity contribution in [1.29, 1.82) is 0 Å². The van der Waals surface area contributed by atoms with Crippen LogP contribution in [-0.2, 0) is 0 Å². The van der Waals surface area contributed by atoms with E-state index in [1.165, 1.54) is 6.16 Å². The maximum absolute atomic E-state index is 2.29. The van der Waals surface area contributed by atoms with Crippen LogP contribution in [0.25, 0.3) is 0 Å². The van der Waals surface area contributed by atoms with Crippen molar-refractivity contribution in [2.45, 2.75) is 6.92 Å². The number of hydrogen-bond donors (Lipinski definition) is 0. The van der Waals surface area contributed by atoms with Gasteiger partial charge in [-0.25, -0.2) is 0 Å². The first kappa shape index (κ1) is 3.61. The van der Waals surface area contributed by atoms with Crippen LogP contribution in [0.1, 0.15) is 6.92 Å². The largest absolute Gasteiger partial charge is 0.106 e. The zero-order valence-corrected chi connectivity index (χ0v) is 4.46. The molecule has 1 heteroatoms. The lowest BCUT2D eigenvalue weighted by Gasteiger charge is -1.74. The Morgan fingerprint density at radius 1 is 1.60 bits per heavy atom. The predicted octanol–water partition coefficient (Wildman–Crippen LogP) is 1.50. The van der Waals surface area contributed by atoms with Crippen LogP contribution >= 0.6 is 7.92 Å². The highest BCUT2D eigenvalue weighted by molar-refractivity contribution is 7.65. The Hall–Kier alpha value is 0.430. The summed E-state index contributed by atoms with van der Waals surface area (Å²) < 4.78 is 0. The van der Waals surface area contributed by atoms with Gasteiger partial charge in [-0.2, -0.15) is 0 Å². The molecule has 0 radical (unpaired) electrons. The van der Waals surface area contributed by atoms with E-state index in [1.54, 1.807) is 12.3 Å². The van der Waals surface area contributed by atoms with Crippen molar-refractivity contribution in [2.24, 2.45) is 0 Å². The van der Waals surface area contributed by atoms with Gasteiger partial charge in [-0.15, -0.1) is 7.92 Å². The van der Waals surface area contributed by atoms with E-state index in [4.69, 9.17) is 0 Å². The van der Waals surface area contributed by atoms with E-state index in [-0.39, 0.29) is 0 Å². The molecule has 0 amide bonds. The molecule has 0 nitrogen and oxygen atoms in total. The van der Waals surface area contributed by atoms with Gasteiger partial charge in [0.25, 0.3) is 0 Å². The van der Waals surface area contributed by atoms with E-state index in [2.05, 4.69) is 6.92 Å². The fraction of sp³-hybridized carbons (Fsp3) is 1.00. The standard InChI is InChI=1S/C4H9P/c1-2-5-3-4-5/h2-4H2,1H3. The summed E-state index contributed by atoms with van der Waals surface area (Å²) in [5, 5.41) is 0. The summed E-state index contributed by atoms with van der Waals surface area (Å²) in [5.41, 5.74) is 0. The molecule has 0 aromatic heterocycles. The van der Waals surface area contributed by atoms with Gasteiger partial charge in [0.2, 0.25) is 0 Å². The van der Waals surface area contributed by atoms with Crippen molar-refractivity contribution in [2.75, 3.05) is 18.5 Å². The summed E-state index contributed by atoms with van der Waals surface area (Å²) in [7, 11) is 0.652. The molecule has 1 aliphatic heterocycles. The molecule has 1 fully saturated rings. The average Bonchev–Trinajstić information content (AvgIpc) is 2.12. The smallest absolute Gasteiger partial charge is 0.0286 e. The molecule has 0 unspecified atom stereocenters. The summed E-state index contributed by atoms with van der Waals surface area (Å²) >= 11 is 0. The lowest BCUT2D eigenvalue weighted by molar-refractivity contribution is 1.52. The second-order valence-electron chi connectivity index (χ2n) is 1.43. The predicted molar refractivity (Wildman–Crippen MR) is 27.2 cm³/mol. The Balaban J connectivity index is 2.00. The van der Waals surface area contributed by atoms with Crippen LogP contribution in [0.2, 0.25) is 0 Å². The van der Waals surface area contributed by atoms with Crippen LogP contribution in [0, 0.1) is 0 Å². The average molecular weight is 88.1 g/mol. The fourth-order valence-corrected chi connectivity index (χ4v) is 1.59. The van der Waals surface area contributed by atoms with Crippen molar-refractivity contribution in [3.63, 3.8) is 0 Å². The van der Waals surface area contributed by atoms with Crippen LogP contribution < -0.4 is 0 Å². The number of rotatable bonds is 1. The van der Waals surface area contributed by atoms with E-state index in [0.29, 0.717) is 7.92 Å². The Labute approximate surface area is 34.3 Å². The lowest BCUT2D eigenvalue weighted by Crippen LogP contribution is -1.49. The molecule has 1 aliphatic rings. The first-order chi connectivity index (χ1) is 2.43. The highest BCUT2D eigenvalue weighted by atomic mass is 31.1. The van der Waals surface area contributed by atoms with Gasteiger partial charge in [0, 0.05) is 0 Å². The Morgan fingerprint density at radius 2 is 2.20 bits per heavy atom. The van der Waals surface area contributed by atoms with Crippen molar-refractivity contribution < 1.29 is 0 Å². The Morgan fingerprint density at radius 3 is 2.20 bits per heavy atom. The van der Waals surface area contributed by atoms with E-state index in [1.807, 2.05) is 0 Å². The molecule has 0 aliphatic carbocycles. The number of hydrogen-bond acceptors (Lipinski definition) is 0. The molecule has 0 saturated carbocycles. The van der Waals surface area contributed by atoms with Gasteiger partial charge in [-0.3, -0.25) is 0 Å². The summed E-state index contributed by atoms with van der Waals surface area (Å²) in [5.74, 6) is 0. The minimum Gasteiger partial charge on any atom is -0.106 e. The molecular formula is C4H9P. The van der Waals surface area contributed by atoms with Crippen molar-refractivity contribution in [3.05, 3.63) is 0 Å². The highest BCUT2D eigenvalue weighted by Crippen LogP contribution is 2.49. The van der Waals surface area contributed by atoms with Gasteiger partial charge in [-0.1, -0.05) is 6.92 Å². The molecule has 0 N–H and O–H groups in total. The molecular weight excluding hydrogens is 79.0 g/mol. The minimum atomic E-state index is 0.652. The minimum absolute atomic E-state index is 0.652. The van der Waals surface area contributed by atoms with E-state index < -0.39 is 0 Å². The van der Waals surface area contributed by atoms with Crippen molar-refractivity contribution in [3.8, 4) is 0 Å². The van der Waals surface area contributed by atoms with Gasteiger partial charge in [0.05, 0.1) is 0 Å². The molecule has 0 aromatic carbocycles. The second-order valence-corrected chi connectivity index (χ2v) is 4.30. The van der Waals surface area contributed by atoms with Gasteiger partial charge in [0.1, 0.15) is 0 Å². The first-order valence-corrected chi connectivity index (χ1v) is 4.05. The maximum atomic E-state index is 2.29. The van der Waals surface area contributed by atoms with Gasteiger partial charge in [0.15, 0.2) is 0 Å². The fourth-order valence-electron chi connectivity index (χ4n) is 0.387. The monoisotopic (exact) mass is 88.0 g/mol. The van der Waals surface area contributed by atoms with E-state index >= 15 is 0 Å². The summed E-state index contributed by atoms with van der Waals surface area (Å²) in [6.07, 6.45) is 4.63. The summed E-state index contributed by atoms with van der Waals surface area (Å²) in [6.45, 7) is 2.29. The molecule has 0 aromatic rings. The molecule has 1 rings (SSSR count). The van der Waals surface area contributed by atoms with Gasteiger partial charge >= 0.3 is 0 Å². The Bertz CT molecular complexity index is 30.6. The summed E-state index contributed by atoms with van der Waals surface area (Å²) in [6, 6.07) is 0. The van der Waals surface area contributed by atoms with Crippen LogP contribution in [0.5, 0.6) is 0 Å². The second kappa shape index (κ2) is 1.26. The zero-order chi connectivity index (χ0) is 3.70. The molecule has 0 bridgehead atoms.